The molecule has 1 fully saturated rings. The van der Waals surface area contributed by atoms with E-state index in [2.05, 4.69) is 11.9 Å². The van der Waals surface area contributed by atoms with Gasteiger partial charge >= 0.3 is 6.18 Å². The van der Waals surface area contributed by atoms with Crippen molar-refractivity contribution >= 4 is 11.6 Å². The van der Waals surface area contributed by atoms with Crippen LogP contribution in [0, 0.1) is 0 Å². The van der Waals surface area contributed by atoms with E-state index >= 15 is 0 Å². The summed E-state index contributed by atoms with van der Waals surface area (Å²) in [4.78, 5) is 13.5. The number of likely N-dealkylation sites (tertiary alicyclic amines) is 1. The van der Waals surface area contributed by atoms with Crippen LogP contribution in [-0.4, -0.2) is 29.4 Å². The Bertz CT molecular complexity index is 848. The standard InChI is InChI=1S/C21H21F3N2O/c1-3-19(27)26-10-9-20(2,14-26)25-18-12-16(15-7-5-4-6-8-15)11-17(13-18)21(22,23)24/h3-8,11-13,25H,1,9-10,14H2,2H3. The van der Waals surface area contributed by atoms with Crippen LogP contribution >= 0.6 is 0 Å². The van der Waals surface area contributed by atoms with Crippen LogP contribution in [0.1, 0.15) is 18.9 Å². The Labute approximate surface area is 156 Å². The topological polar surface area (TPSA) is 32.3 Å². The Morgan fingerprint density at radius 2 is 1.89 bits per heavy atom. The Morgan fingerprint density at radius 1 is 1.19 bits per heavy atom. The van der Waals surface area contributed by atoms with Crippen molar-refractivity contribution in [2.75, 3.05) is 18.4 Å². The molecule has 0 saturated carbocycles. The van der Waals surface area contributed by atoms with E-state index in [-0.39, 0.29) is 5.91 Å². The van der Waals surface area contributed by atoms with E-state index in [0.29, 0.717) is 36.3 Å². The van der Waals surface area contributed by atoms with Gasteiger partial charge in [0.25, 0.3) is 0 Å². The molecule has 0 aliphatic carbocycles. The van der Waals surface area contributed by atoms with Crippen molar-refractivity contribution in [1.29, 1.82) is 0 Å². The molecule has 0 radical (unpaired) electrons. The van der Waals surface area contributed by atoms with Crippen LogP contribution < -0.4 is 5.32 Å². The highest BCUT2D eigenvalue weighted by Crippen LogP contribution is 2.36. The van der Waals surface area contributed by atoms with E-state index in [1.54, 1.807) is 35.2 Å². The lowest BCUT2D eigenvalue weighted by atomic mass is 9.98. The predicted octanol–water partition coefficient (Wildman–Crippen LogP) is 4.96. The summed E-state index contributed by atoms with van der Waals surface area (Å²) in [5.74, 6) is -0.172. The molecule has 3 rings (SSSR count). The lowest BCUT2D eigenvalue weighted by Gasteiger charge is -2.28. The van der Waals surface area contributed by atoms with Gasteiger partial charge in [0.15, 0.2) is 0 Å². The minimum atomic E-state index is -4.44. The van der Waals surface area contributed by atoms with Gasteiger partial charge in [-0.15, -0.1) is 0 Å². The van der Waals surface area contributed by atoms with Crippen molar-refractivity contribution < 1.29 is 18.0 Å². The number of nitrogens with zero attached hydrogens (tertiary/aromatic N) is 1. The Morgan fingerprint density at radius 3 is 2.52 bits per heavy atom. The second-order valence-corrected chi connectivity index (χ2v) is 7.06. The van der Waals surface area contributed by atoms with Gasteiger partial charge in [0.1, 0.15) is 0 Å². The molecule has 1 heterocycles. The summed E-state index contributed by atoms with van der Waals surface area (Å²) in [6, 6.07) is 13.0. The van der Waals surface area contributed by atoms with Crippen LogP contribution in [0.3, 0.4) is 0 Å². The molecular formula is C21H21F3N2O. The first-order chi connectivity index (χ1) is 12.7. The molecule has 1 aliphatic rings. The first-order valence-electron chi connectivity index (χ1n) is 8.67. The van der Waals surface area contributed by atoms with Crippen LogP contribution in [0.15, 0.2) is 61.2 Å². The predicted molar refractivity (Wildman–Crippen MR) is 100 cm³/mol. The van der Waals surface area contributed by atoms with E-state index in [4.69, 9.17) is 0 Å². The summed E-state index contributed by atoms with van der Waals surface area (Å²) < 4.78 is 40.2. The van der Waals surface area contributed by atoms with Crippen molar-refractivity contribution in [2.24, 2.45) is 0 Å². The van der Waals surface area contributed by atoms with E-state index in [1.807, 2.05) is 13.0 Å². The summed E-state index contributed by atoms with van der Waals surface area (Å²) in [6.45, 7) is 6.34. The number of rotatable bonds is 4. The number of hydrogen-bond acceptors (Lipinski definition) is 2. The second-order valence-electron chi connectivity index (χ2n) is 7.06. The zero-order valence-corrected chi connectivity index (χ0v) is 15.0. The number of alkyl halides is 3. The SMILES string of the molecule is C=CC(=O)N1CCC(C)(Nc2cc(-c3ccccc3)cc(C(F)(F)F)c2)C1. The molecule has 2 aromatic carbocycles. The summed E-state index contributed by atoms with van der Waals surface area (Å²) in [5, 5.41) is 3.22. The molecule has 1 amide bonds. The minimum absolute atomic E-state index is 0.172. The van der Waals surface area contributed by atoms with Gasteiger partial charge in [0.2, 0.25) is 5.91 Å². The largest absolute Gasteiger partial charge is 0.416 e. The molecule has 142 valence electrons. The smallest absolute Gasteiger partial charge is 0.378 e. The zero-order chi connectivity index (χ0) is 19.7. The summed E-state index contributed by atoms with van der Waals surface area (Å²) in [6.07, 6.45) is -2.55. The van der Waals surface area contributed by atoms with Gasteiger partial charge in [-0.3, -0.25) is 4.79 Å². The molecule has 27 heavy (non-hydrogen) atoms. The molecule has 1 unspecified atom stereocenters. The molecule has 3 nitrogen and oxygen atoms in total. The van der Waals surface area contributed by atoms with Crippen LogP contribution in [0.4, 0.5) is 18.9 Å². The van der Waals surface area contributed by atoms with Gasteiger partial charge in [-0.2, -0.15) is 13.2 Å². The normalized spacial score (nSPS) is 19.8. The third kappa shape index (κ3) is 4.32. The third-order valence-electron chi connectivity index (χ3n) is 4.77. The van der Waals surface area contributed by atoms with Crippen LogP contribution in [0.25, 0.3) is 11.1 Å². The number of amides is 1. The third-order valence-corrected chi connectivity index (χ3v) is 4.77. The van der Waals surface area contributed by atoms with Crippen molar-refractivity contribution in [2.45, 2.75) is 25.1 Å². The quantitative estimate of drug-likeness (QED) is 0.767. The van der Waals surface area contributed by atoms with Crippen molar-refractivity contribution in [3.63, 3.8) is 0 Å². The summed E-state index contributed by atoms with van der Waals surface area (Å²) in [7, 11) is 0. The van der Waals surface area contributed by atoms with E-state index in [0.717, 1.165) is 12.1 Å². The number of hydrogen-bond donors (Lipinski definition) is 1. The average Bonchev–Trinajstić information content (AvgIpc) is 3.02. The first-order valence-corrected chi connectivity index (χ1v) is 8.67. The Kier molecular flexibility index (Phi) is 5.00. The number of benzene rings is 2. The number of halogens is 3. The Hall–Kier alpha value is -2.76. The number of carbonyl (C=O) groups is 1. The second kappa shape index (κ2) is 7.10. The van der Waals surface area contributed by atoms with Gasteiger partial charge in [0.05, 0.1) is 11.1 Å². The molecule has 1 N–H and O–H groups in total. The average molecular weight is 374 g/mol. The summed E-state index contributed by atoms with van der Waals surface area (Å²) >= 11 is 0. The minimum Gasteiger partial charge on any atom is -0.378 e. The molecule has 0 aromatic heterocycles. The molecular weight excluding hydrogens is 353 g/mol. The van der Waals surface area contributed by atoms with E-state index in [9.17, 15) is 18.0 Å². The van der Waals surface area contributed by atoms with Crippen molar-refractivity contribution in [3.05, 3.63) is 66.7 Å². The molecule has 2 aromatic rings. The fraction of sp³-hybridized carbons (Fsp3) is 0.286. The number of anilines is 1. The lowest BCUT2D eigenvalue weighted by Crippen LogP contribution is -2.39. The van der Waals surface area contributed by atoms with Gasteiger partial charge in [0, 0.05) is 18.8 Å². The van der Waals surface area contributed by atoms with Crippen LogP contribution in [-0.2, 0) is 11.0 Å². The number of nitrogens with one attached hydrogen (secondary N) is 1. The maximum absolute atomic E-state index is 13.4. The molecule has 0 bridgehead atoms. The van der Waals surface area contributed by atoms with Crippen LogP contribution in [0.2, 0.25) is 0 Å². The summed E-state index contributed by atoms with van der Waals surface area (Å²) in [5.41, 5.74) is 0.392. The highest BCUT2D eigenvalue weighted by molar-refractivity contribution is 5.87. The highest BCUT2D eigenvalue weighted by atomic mass is 19.4. The van der Waals surface area contributed by atoms with Crippen molar-refractivity contribution in [3.8, 4) is 11.1 Å². The fourth-order valence-electron chi connectivity index (χ4n) is 3.39. The van der Waals surface area contributed by atoms with Gasteiger partial charge < -0.3 is 10.2 Å². The van der Waals surface area contributed by atoms with E-state index < -0.39 is 17.3 Å². The molecule has 0 spiro atoms. The monoisotopic (exact) mass is 374 g/mol. The lowest BCUT2D eigenvalue weighted by molar-refractivity contribution is -0.137. The Balaban J connectivity index is 1.93. The molecule has 1 saturated heterocycles. The van der Waals surface area contributed by atoms with Crippen molar-refractivity contribution in [1.82, 2.24) is 4.90 Å². The zero-order valence-electron chi connectivity index (χ0n) is 15.0. The first kappa shape index (κ1) is 19.0. The molecule has 1 aliphatic heterocycles. The van der Waals surface area contributed by atoms with Crippen LogP contribution in [0.5, 0.6) is 0 Å². The maximum Gasteiger partial charge on any atom is 0.416 e. The van der Waals surface area contributed by atoms with E-state index in [1.165, 1.54) is 6.08 Å². The number of carbonyl (C=O) groups excluding carboxylic acids is 1. The van der Waals surface area contributed by atoms with Gasteiger partial charge in [-0.25, -0.2) is 0 Å². The molecule has 6 heteroatoms. The van der Waals surface area contributed by atoms with Gasteiger partial charge in [-0.1, -0.05) is 36.9 Å². The van der Waals surface area contributed by atoms with Gasteiger partial charge in [-0.05, 0) is 48.7 Å². The fourth-order valence-corrected chi connectivity index (χ4v) is 3.39. The highest BCUT2D eigenvalue weighted by Gasteiger charge is 2.36. The maximum atomic E-state index is 13.4. The molecule has 1 atom stereocenters.